The van der Waals surface area contributed by atoms with E-state index in [2.05, 4.69) is 10.5 Å². The number of nitrogens with one attached hydrogen (secondary N) is 1. The summed E-state index contributed by atoms with van der Waals surface area (Å²) >= 11 is 4.71. The fourth-order valence-electron chi connectivity index (χ4n) is 2.41. The number of thiocarbonyl (C=S) groups is 1. The molecule has 0 saturated heterocycles. The number of nitrogens with zero attached hydrogens (tertiary/aromatic N) is 2. The van der Waals surface area contributed by atoms with Gasteiger partial charge in [0.1, 0.15) is 0 Å². The van der Waals surface area contributed by atoms with E-state index in [1.165, 1.54) is 7.11 Å². The van der Waals surface area contributed by atoms with Crippen molar-refractivity contribution in [2.75, 3.05) is 7.11 Å². The van der Waals surface area contributed by atoms with E-state index in [1.807, 2.05) is 36.6 Å². The first kappa shape index (κ1) is 16.7. The predicted octanol–water partition coefficient (Wildman–Crippen LogP) is 2.05. The van der Waals surface area contributed by atoms with Gasteiger partial charge in [0, 0.05) is 17.0 Å². The standard InChI is InChI=1S/C16H18N4O2S/c1-10-8-12(9-18-19-16(17)23)11(2)20(10)14-7-5-4-6-13(14)15(21)22-3/h4-9H,1-3H3,(H3,17,19,23). The van der Waals surface area contributed by atoms with Gasteiger partial charge in [0.15, 0.2) is 5.11 Å². The fourth-order valence-corrected chi connectivity index (χ4v) is 2.46. The van der Waals surface area contributed by atoms with Gasteiger partial charge in [-0.1, -0.05) is 12.1 Å². The molecule has 120 valence electrons. The summed E-state index contributed by atoms with van der Waals surface area (Å²) in [4.78, 5) is 12.0. The summed E-state index contributed by atoms with van der Waals surface area (Å²) in [5, 5.41) is 4.08. The van der Waals surface area contributed by atoms with Crippen molar-refractivity contribution in [3.63, 3.8) is 0 Å². The van der Waals surface area contributed by atoms with Crippen LogP contribution in [0.2, 0.25) is 0 Å². The second kappa shape index (κ2) is 7.06. The van der Waals surface area contributed by atoms with E-state index in [1.54, 1.807) is 18.3 Å². The number of ether oxygens (including phenoxy) is 1. The summed E-state index contributed by atoms with van der Waals surface area (Å²) in [5.74, 6) is -0.376. The van der Waals surface area contributed by atoms with Gasteiger partial charge in [-0.15, -0.1) is 0 Å². The number of carbonyl (C=O) groups excluding carboxylic acids is 1. The summed E-state index contributed by atoms with van der Waals surface area (Å²) in [6, 6.07) is 9.26. The molecule has 0 atom stereocenters. The van der Waals surface area contributed by atoms with E-state index < -0.39 is 0 Å². The molecule has 2 rings (SSSR count). The van der Waals surface area contributed by atoms with E-state index in [-0.39, 0.29) is 11.1 Å². The van der Waals surface area contributed by atoms with E-state index in [4.69, 9.17) is 22.7 Å². The van der Waals surface area contributed by atoms with Crippen LogP contribution in [0.1, 0.15) is 27.3 Å². The van der Waals surface area contributed by atoms with Crippen molar-refractivity contribution >= 4 is 29.5 Å². The van der Waals surface area contributed by atoms with Crippen molar-refractivity contribution in [3.8, 4) is 5.69 Å². The molecule has 1 heterocycles. The number of aromatic nitrogens is 1. The number of hydrogen-bond donors (Lipinski definition) is 2. The zero-order chi connectivity index (χ0) is 17.0. The molecule has 0 aliphatic rings. The maximum absolute atomic E-state index is 12.0. The summed E-state index contributed by atoms with van der Waals surface area (Å²) in [7, 11) is 1.37. The third kappa shape index (κ3) is 3.57. The summed E-state index contributed by atoms with van der Waals surface area (Å²) in [6.07, 6.45) is 1.64. The molecule has 1 aromatic heterocycles. The topological polar surface area (TPSA) is 81.6 Å². The van der Waals surface area contributed by atoms with Crippen LogP contribution in [0.5, 0.6) is 0 Å². The van der Waals surface area contributed by atoms with E-state index in [0.29, 0.717) is 5.56 Å². The molecule has 0 fully saturated rings. The summed E-state index contributed by atoms with van der Waals surface area (Å²) in [5.41, 5.74) is 11.9. The highest BCUT2D eigenvalue weighted by Gasteiger charge is 2.16. The zero-order valence-electron chi connectivity index (χ0n) is 13.2. The van der Waals surface area contributed by atoms with Gasteiger partial charge in [-0.05, 0) is 44.3 Å². The lowest BCUT2D eigenvalue weighted by Crippen LogP contribution is -2.24. The number of esters is 1. The minimum Gasteiger partial charge on any atom is -0.465 e. The van der Waals surface area contributed by atoms with Crippen LogP contribution in [0, 0.1) is 13.8 Å². The van der Waals surface area contributed by atoms with Crippen molar-refractivity contribution < 1.29 is 9.53 Å². The second-order valence-corrected chi connectivity index (χ2v) is 5.34. The zero-order valence-corrected chi connectivity index (χ0v) is 14.0. The third-order valence-corrected chi connectivity index (χ3v) is 3.49. The Morgan fingerprint density at radius 2 is 2.09 bits per heavy atom. The lowest BCUT2D eigenvalue weighted by Gasteiger charge is -2.13. The number of aryl methyl sites for hydroxylation is 1. The molecule has 23 heavy (non-hydrogen) atoms. The van der Waals surface area contributed by atoms with Crippen LogP contribution < -0.4 is 11.2 Å². The molecular weight excluding hydrogens is 312 g/mol. The molecule has 1 aromatic carbocycles. The minimum absolute atomic E-state index is 0.103. The average molecular weight is 330 g/mol. The fraction of sp³-hybridized carbons (Fsp3) is 0.188. The van der Waals surface area contributed by atoms with Gasteiger partial charge in [0.05, 0.1) is 24.6 Å². The number of benzene rings is 1. The number of methoxy groups -OCH3 is 1. The smallest absolute Gasteiger partial charge is 0.339 e. The van der Waals surface area contributed by atoms with Crippen molar-refractivity contribution in [1.29, 1.82) is 0 Å². The predicted molar refractivity (Wildman–Crippen MR) is 94.1 cm³/mol. The molecule has 0 aliphatic carbocycles. The largest absolute Gasteiger partial charge is 0.465 e. The monoisotopic (exact) mass is 330 g/mol. The molecule has 0 unspecified atom stereocenters. The summed E-state index contributed by atoms with van der Waals surface area (Å²) in [6.45, 7) is 3.91. The SMILES string of the molecule is COC(=O)c1ccccc1-n1c(C)cc(C=NNC(N)=S)c1C. The van der Waals surface area contributed by atoms with Crippen LogP contribution in [0.25, 0.3) is 5.69 Å². The van der Waals surface area contributed by atoms with Crippen molar-refractivity contribution in [2.45, 2.75) is 13.8 Å². The molecule has 0 radical (unpaired) electrons. The summed E-state index contributed by atoms with van der Waals surface area (Å²) < 4.78 is 6.84. The van der Waals surface area contributed by atoms with E-state index in [9.17, 15) is 4.79 Å². The number of carbonyl (C=O) groups is 1. The third-order valence-electron chi connectivity index (χ3n) is 3.40. The Bertz CT molecular complexity index is 780. The molecule has 0 aliphatic heterocycles. The van der Waals surface area contributed by atoms with Crippen molar-refractivity contribution in [1.82, 2.24) is 9.99 Å². The highest BCUT2D eigenvalue weighted by molar-refractivity contribution is 7.80. The Hall–Kier alpha value is -2.67. The maximum atomic E-state index is 12.0. The molecular formula is C16H18N4O2S. The number of rotatable bonds is 4. The van der Waals surface area contributed by atoms with Crippen LogP contribution in [0.3, 0.4) is 0 Å². The number of hydrazone groups is 1. The molecule has 0 spiro atoms. The van der Waals surface area contributed by atoms with Crippen molar-refractivity contribution in [3.05, 3.63) is 52.8 Å². The molecule has 0 saturated carbocycles. The molecule has 0 bridgehead atoms. The van der Waals surface area contributed by atoms with Gasteiger partial charge in [0.2, 0.25) is 0 Å². The Balaban J connectivity index is 2.50. The van der Waals surface area contributed by atoms with Gasteiger partial charge >= 0.3 is 5.97 Å². The van der Waals surface area contributed by atoms with E-state index >= 15 is 0 Å². The quantitative estimate of drug-likeness (QED) is 0.388. The van der Waals surface area contributed by atoms with Gasteiger partial charge in [0.25, 0.3) is 0 Å². The first-order valence-electron chi connectivity index (χ1n) is 6.91. The van der Waals surface area contributed by atoms with Crippen molar-refractivity contribution in [2.24, 2.45) is 10.8 Å². The van der Waals surface area contributed by atoms with Gasteiger partial charge in [-0.25, -0.2) is 4.79 Å². The van der Waals surface area contributed by atoms with Gasteiger partial charge in [-0.2, -0.15) is 5.10 Å². The van der Waals surface area contributed by atoms with Crippen LogP contribution in [0.4, 0.5) is 0 Å². The molecule has 2 aromatic rings. The lowest BCUT2D eigenvalue weighted by molar-refractivity contribution is 0.0601. The number of para-hydroxylation sites is 1. The van der Waals surface area contributed by atoms with Crippen LogP contribution in [0.15, 0.2) is 35.4 Å². The maximum Gasteiger partial charge on any atom is 0.339 e. The Kier molecular flexibility index (Phi) is 5.13. The second-order valence-electron chi connectivity index (χ2n) is 4.90. The van der Waals surface area contributed by atoms with Gasteiger partial charge < -0.3 is 15.0 Å². The number of nitrogens with two attached hydrogens (primary N) is 1. The van der Waals surface area contributed by atoms with E-state index in [0.717, 1.165) is 22.6 Å². The molecule has 3 N–H and O–H groups in total. The first-order chi connectivity index (χ1) is 11.0. The normalized spacial score (nSPS) is 10.7. The highest BCUT2D eigenvalue weighted by Crippen LogP contribution is 2.23. The Morgan fingerprint density at radius 3 is 2.74 bits per heavy atom. The highest BCUT2D eigenvalue weighted by atomic mass is 32.1. The molecule has 0 amide bonds. The minimum atomic E-state index is -0.376. The van der Waals surface area contributed by atoms with Gasteiger partial charge in [-0.3, -0.25) is 5.43 Å². The van der Waals surface area contributed by atoms with Crippen LogP contribution >= 0.6 is 12.2 Å². The van der Waals surface area contributed by atoms with Crippen LogP contribution in [-0.4, -0.2) is 29.0 Å². The molecule has 7 heteroatoms. The first-order valence-corrected chi connectivity index (χ1v) is 7.31. The number of hydrogen-bond acceptors (Lipinski definition) is 4. The average Bonchev–Trinajstić information content (AvgIpc) is 2.80. The Morgan fingerprint density at radius 1 is 1.39 bits per heavy atom. The Labute approximate surface area is 139 Å². The lowest BCUT2D eigenvalue weighted by atomic mass is 10.1. The van der Waals surface area contributed by atoms with Crippen LogP contribution in [-0.2, 0) is 4.74 Å². The molecule has 6 nitrogen and oxygen atoms in total.